The number of carbonyl (C=O) groups is 1. The number of benzene rings is 2. The van der Waals surface area contributed by atoms with E-state index < -0.39 is 0 Å². The van der Waals surface area contributed by atoms with Crippen LogP contribution < -0.4 is 5.73 Å². The van der Waals surface area contributed by atoms with E-state index in [0.29, 0.717) is 18.7 Å². The van der Waals surface area contributed by atoms with Crippen molar-refractivity contribution < 1.29 is 4.79 Å². The van der Waals surface area contributed by atoms with Crippen LogP contribution in [0.4, 0.5) is 5.69 Å². The average molecular weight is 317 g/mol. The Morgan fingerprint density at radius 1 is 1.05 bits per heavy atom. The number of carbonyl (C=O) groups excluding carboxylic acids is 1. The van der Waals surface area contributed by atoms with Crippen LogP contribution in [-0.2, 0) is 13.1 Å². The minimum absolute atomic E-state index is 0.0577. The monoisotopic (exact) mass is 316 g/mol. The standard InChI is InChI=1S/C15H13BrN2O/c16-13-4-1-10(2-5-13)15(19)18-8-11-3-6-14(17)7-12(11)9-18/h1-7H,8-9,17H2. The molecule has 0 spiro atoms. The van der Waals surface area contributed by atoms with Crippen LogP contribution >= 0.6 is 15.9 Å². The van der Waals surface area contributed by atoms with Crippen molar-refractivity contribution >= 4 is 27.5 Å². The molecule has 0 unspecified atom stereocenters. The Morgan fingerprint density at radius 2 is 1.74 bits per heavy atom. The summed E-state index contributed by atoms with van der Waals surface area (Å²) in [5.41, 5.74) is 9.55. The molecule has 0 saturated carbocycles. The first-order chi connectivity index (χ1) is 9.13. The molecular weight excluding hydrogens is 304 g/mol. The van der Waals surface area contributed by atoms with Crippen molar-refractivity contribution in [3.8, 4) is 0 Å². The molecule has 1 amide bonds. The summed E-state index contributed by atoms with van der Waals surface area (Å²) in [6.07, 6.45) is 0. The molecule has 2 N–H and O–H groups in total. The first-order valence-corrected chi connectivity index (χ1v) is 6.85. The number of nitrogens with two attached hydrogens (primary N) is 1. The molecular formula is C15H13BrN2O. The van der Waals surface area contributed by atoms with Gasteiger partial charge in [-0.3, -0.25) is 4.79 Å². The summed E-state index contributed by atoms with van der Waals surface area (Å²) in [6.45, 7) is 1.29. The van der Waals surface area contributed by atoms with Gasteiger partial charge in [-0.2, -0.15) is 0 Å². The van der Waals surface area contributed by atoms with Crippen molar-refractivity contribution in [1.82, 2.24) is 4.90 Å². The van der Waals surface area contributed by atoms with Crippen molar-refractivity contribution in [2.24, 2.45) is 0 Å². The molecule has 3 nitrogen and oxygen atoms in total. The summed E-state index contributed by atoms with van der Waals surface area (Å²) >= 11 is 3.37. The molecule has 4 heteroatoms. The van der Waals surface area contributed by atoms with E-state index in [1.54, 1.807) is 0 Å². The van der Waals surface area contributed by atoms with Gasteiger partial charge in [0.15, 0.2) is 0 Å². The fraction of sp³-hybridized carbons (Fsp3) is 0.133. The lowest BCUT2D eigenvalue weighted by atomic mass is 10.1. The van der Waals surface area contributed by atoms with Crippen LogP contribution in [0, 0.1) is 0 Å². The normalized spacial score (nSPS) is 13.4. The first kappa shape index (κ1) is 12.2. The second-order valence-electron chi connectivity index (χ2n) is 4.70. The molecule has 1 aliphatic heterocycles. The van der Waals surface area contributed by atoms with E-state index in [9.17, 15) is 4.79 Å². The van der Waals surface area contributed by atoms with Crippen LogP contribution in [0.25, 0.3) is 0 Å². The third-order valence-corrected chi connectivity index (χ3v) is 3.86. The summed E-state index contributed by atoms with van der Waals surface area (Å²) in [7, 11) is 0. The molecule has 0 aromatic heterocycles. The largest absolute Gasteiger partial charge is 0.399 e. The molecule has 0 atom stereocenters. The Balaban J connectivity index is 1.82. The van der Waals surface area contributed by atoms with Gasteiger partial charge in [-0.15, -0.1) is 0 Å². The van der Waals surface area contributed by atoms with Gasteiger partial charge in [-0.05, 0) is 47.5 Å². The van der Waals surface area contributed by atoms with Gasteiger partial charge >= 0.3 is 0 Å². The highest BCUT2D eigenvalue weighted by molar-refractivity contribution is 9.10. The van der Waals surface area contributed by atoms with Crippen molar-refractivity contribution in [2.75, 3.05) is 5.73 Å². The van der Waals surface area contributed by atoms with Gasteiger partial charge in [-0.25, -0.2) is 0 Å². The number of fused-ring (bicyclic) bond motifs is 1. The second-order valence-corrected chi connectivity index (χ2v) is 5.61. The lowest BCUT2D eigenvalue weighted by Crippen LogP contribution is -2.25. The van der Waals surface area contributed by atoms with Gasteiger partial charge in [0.25, 0.3) is 5.91 Å². The van der Waals surface area contributed by atoms with Crippen molar-refractivity contribution in [1.29, 1.82) is 0 Å². The first-order valence-electron chi connectivity index (χ1n) is 6.05. The fourth-order valence-electron chi connectivity index (χ4n) is 2.33. The highest BCUT2D eigenvalue weighted by atomic mass is 79.9. The highest BCUT2D eigenvalue weighted by Gasteiger charge is 2.24. The van der Waals surface area contributed by atoms with Gasteiger partial charge in [0, 0.05) is 28.8 Å². The third-order valence-electron chi connectivity index (χ3n) is 3.33. The summed E-state index contributed by atoms with van der Waals surface area (Å²) in [6, 6.07) is 13.3. The summed E-state index contributed by atoms with van der Waals surface area (Å²) in [5.74, 6) is 0.0577. The zero-order chi connectivity index (χ0) is 13.4. The summed E-state index contributed by atoms with van der Waals surface area (Å²) in [5, 5.41) is 0. The van der Waals surface area contributed by atoms with E-state index in [-0.39, 0.29) is 5.91 Å². The number of amides is 1. The number of halogens is 1. The van der Waals surface area contributed by atoms with Gasteiger partial charge in [-0.1, -0.05) is 22.0 Å². The SMILES string of the molecule is Nc1ccc2c(c1)CN(C(=O)c1ccc(Br)cc1)C2. The minimum Gasteiger partial charge on any atom is -0.399 e. The van der Waals surface area contributed by atoms with Gasteiger partial charge in [0.05, 0.1) is 0 Å². The molecule has 1 aliphatic rings. The van der Waals surface area contributed by atoms with Crippen LogP contribution in [0.15, 0.2) is 46.9 Å². The summed E-state index contributed by atoms with van der Waals surface area (Å²) < 4.78 is 0.974. The summed E-state index contributed by atoms with van der Waals surface area (Å²) in [4.78, 5) is 14.2. The molecule has 2 aromatic rings. The fourth-order valence-corrected chi connectivity index (χ4v) is 2.60. The number of hydrogen-bond donors (Lipinski definition) is 1. The molecule has 0 saturated heterocycles. The van der Waals surface area contributed by atoms with E-state index in [1.807, 2.05) is 47.4 Å². The van der Waals surface area contributed by atoms with Crippen molar-refractivity contribution in [3.05, 3.63) is 63.6 Å². The number of nitrogens with zero attached hydrogens (tertiary/aromatic N) is 1. The number of hydrogen-bond acceptors (Lipinski definition) is 2. The Bertz CT molecular complexity index is 637. The van der Waals surface area contributed by atoms with E-state index in [4.69, 9.17) is 5.73 Å². The van der Waals surface area contributed by atoms with Crippen LogP contribution in [0.5, 0.6) is 0 Å². The van der Waals surface area contributed by atoms with Gasteiger partial charge in [0.2, 0.25) is 0 Å². The molecule has 0 radical (unpaired) electrons. The smallest absolute Gasteiger partial charge is 0.254 e. The van der Waals surface area contributed by atoms with Crippen LogP contribution in [0.2, 0.25) is 0 Å². The minimum atomic E-state index is 0.0577. The molecule has 0 bridgehead atoms. The van der Waals surface area contributed by atoms with Crippen LogP contribution in [-0.4, -0.2) is 10.8 Å². The zero-order valence-electron chi connectivity index (χ0n) is 10.3. The Morgan fingerprint density at radius 3 is 2.47 bits per heavy atom. The lowest BCUT2D eigenvalue weighted by Gasteiger charge is -2.15. The van der Waals surface area contributed by atoms with E-state index in [1.165, 1.54) is 5.56 Å². The molecule has 0 fully saturated rings. The highest BCUT2D eigenvalue weighted by Crippen LogP contribution is 2.26. The van der Waals surface area contributed by atoms with Crippen LogP contribution in [0.3, 0.4) is 0 Å². The van der Waals surface area contributed by atoms with E-state index in [2.05, 4.69) is 15.9 Å². The Labute approximate surface area is 120 Å². The van der Waals surface area contributed by atoms with Gasteiger partial charge < -0.3 is 10.6 Å². The maximum absolute atomic E-state index is 12.4. The molecule has 3 rings (SSSR count). The average Bonchev–Trinajstić information content (AvgIpc) is 2.81. The Hall–Kier alpha value is -1.81. The van der Waals surface area contributed by atoms with Crippen molar-refractivity contribution in [3.63, 3.8) is 0 Å². The number of rotatable bonds is 1. The zero-order valence-corrected chi connectivity index (χ0v) is 11.9. The predicted octanol–water partition coefficient (Wildman–Crippen LogP) is 3.19. The van der Waals surface area contributed by atoms with Crippen molar-refractivity contribution in [2.45, 2.75) is 13.1 Å². The van der Waals surface area contributed by atoms with Crippen LogP contribution in [0.1, 0.15) is 21.5 Å². The molecule has 96 valence electrons. The molecule has 1 heterocycles. The van der Waals surface area contributed by atoms with Gasteiger partial charge in [0.1, 0.15) is 0 Å². The number of anilines is 1. The van der Waals surface area contributed by atoms with E-state index >= 15 is 0 Å². The predicted molar refractivity (Wildman–Crippen MR) is 78.6 cm³/mol. The topological polar surface area (TPSA) is 46.3 Å². The van der Waals surface area contributed by atoms with E-state index in [0.717, 1.165) is 15.7 Å². The Kier molecular flexibility index (Phi) is 3.03. The third kappa shape index (κ3) is 2.36. The lowest BCUT2D eigenvalue weighted by molar-refractivity contribution is 0.0751. The number of nitrogen functional groups attached to an aromatic ring is 1. The maximum Gasteiger partial charge on any atom is 0.254 e. The molecule has 0 aliphatic carbocycles. The maximum atomic E-state index is 12.4. The quantitative estimate of drug-likeness (QED) is 0.821. The molecule has 2 aromatic carbocycles. The molecule has 19 heavy (non-hydrogen) atoms. The second kappa shape index (κ2) is 4.70.